The third-order valence-corrected chi connectivity index (χ3v) is 2.83. The number of amides is 2. The fourth-order valence-corrected chi connectivity index (χ4v) is 1.86. The van der Waals surface area contributed by atoms with E-state index in [1.54, 1.807) is 0 Å². The van der Waals surface area contributed by atoms with E-state index in [0.717, 1.165) is 6.54 Å². The minimum atomic E-state index is -0.458. The van der Waals surface area contributed by atoms with Crippen LogP contribution in [0.1, 0.15) is 6.42 Å². The summed E-state index contributed by atoms with van der Waals surface area (Å²) >= 11 is 0. The smallest absolute Gasteiger partial charge is 0.253 e. The topological polar surface area (TPSA) is 84.7 Å². The fourth-order valence-electron chi connectivity index (χ4n) is 1.86. The van der Waals surface area contributed by atoms with Crippen LogP contribution < -0.4 is 11.1 Å². The molecule has 2 aliphatic rings. The molecule has 0 aliphatic carbocycles. The molecule has 0 spiro atoms. The molecule has 0 radical (unpaired) electrons. The second-order valence-electron chi connectivity index (χ2n) is 3.80. The summed E-state index contributed by atoms with van der Waals surface area (Å²) in [5.41, 5.74) is 5.17. The molecule has 6 heteroatoms. The van der Waals surface area contributed by atoms with Crippen molar-refractivity contribution >= 4 is 11.8 Å². The Bertz CT molecular complexity index is 276. The lowest BCUT2D eigenvalue weighted by Gasteiger charge is -2.41. The molecule has 2 amide bonds. The van der Waals surface area contributed by atoms with Crippen molar-refractivity contribution in [2.45, 2.75) is 18.6 Å². The van der Waals surface area contributed by atoms with Crippen molar-refractivity contribution in [1.29, 1.82) is 0 Å². The molecule has 0 aromatic carbocycles. The maximum atomic E-state index is 11.8. The number of hydrogen-bond donors (Lipinski definition) is 2. The van der Waals surface area contributed by atoms with E-state index in [1.165, 1.54) is 4.90 Å². The van der Waals surface area contributed by atoms with Crippen LogP contribution in [-0.4, -0.2) is 55.1 Å². The van der Waals surface area contributed by atoms with E-state index in [2.05, 4.69) is 5.32 Å². The molecule has 3 N–H and O–H groups in total. The highest BCUT2D eigenvalue weighted by Gasteiger charge is 2.39. The van der Waals surface area contributed by atoms with Gasteiger partial charge < -0.3 is 20.7 Å². The minimum Gasteiger partial charge on any atom is -0.368 e. The monoisotopic (exact) mass is 213 g/mol. The second-order valence-corrected chi connectivity index (χ2v) is 3.80. The van der Waals surface area contributed by atoms with Crippen LogP contribution in [0.3, 0.4) is 0 Å². The highest BCUT2D eigenvalue weighted by atomic mass is 16.5. The van der Waals surface area contributed by atoms with Gasteiger partial charge in [0, 0.05) is 19.6 Å². The number of ether oxygens (including phenoxy) is 1. The number of nitrogens with zero attached hydrogens (tertiary/aromatic N) is 1. The van der Waals surface area contributed by atoms with Crippen molar-refractivity contribution in [2.75, 3.05) is 26.2 Å². The molecule has 0 aromatic rings. The Morgan fingerprint density at radius 1 is 1.47 bits per heavy atom. The Balaban J connectivity index is 1.92. The third-order valence-electron chi connectivity index (χ3n) is 2.83. The number of primary amides is 1. The van der Waals surface area contributed by atoms with Crippen LogP contribution in [0.25, 0.3) is 0 Å². The fraction of sp³-hybridized carbons (Fsp3) is 0.778. The lowest BCUT2D eigenvalue weighted by atomic mass is 10.0. The molecule has 2 saturated heterocycles. The first-order valence-corrected chi connectivity index (χ1v) is 5.12. The first kappa shape index (κ1) is 10.4. The maximum absolute atomic E-state index is 11.8. The summed E-state index contributed by atoms with van der Waals surface area (Å²) < 4.78 is 5.32. The van der Waals surface area contributed by atoms with Gasteiger partial charge in [-0.25, -0.2) is 0 Å². The van der Waals surface area contributed by atoms with Crippen molar-refractivity contribution in [1.82, 2.24) is 10.2 Å². The van der Waals surface area contributed by atoms with E-state index in [0.29, 0.717) is 26.1 Å². The Morgan fingerprint density at radius 3 is 2.73 bits per heavy atom. The van der Waals surface area contributed by atoms with Crippen LogP contribution in [0.4, 0.5) is 0 Å². The van der Waals surface area contributed by atoms with Crippen LogP contribution in [0, 0.1) is 0 Å². The van der Waals surface area contributed by atoms with Crippen LogP contribution >= 0.6 is 0 Å². The molecular weight excluding hydrogens is 198 g/mol. The third kappa shape index (κ3) is 1.95. The number of nitrogens with two attached hydrogens (primary N) is 1. The number of morpholine rings is 1. The largest absolute Gasteiger partial charge is 0.368 e. The summed E-state index contributed by atoms with van der Waals surface area (Å²) in [6, 6.07) is -0.428. The van der Waals surface area contributed by atoms with E-state index in [9.17, 15) is 9.59 Å². The van der Waals surface area contributed by atoms with E-state index >= 15 is 0 Å². The number of hydrogen-bond acceptors (Lipinski definition) is 4. The Kier molecular flexibility index (Phi) is 2.88. The number of carbonyl (C=O) groups is 2. The molecule has 0 aromatic heterocycles. The van der Waals surface area contributed by atoms with Crippen LogP contribution in [0.15, 0.2) is 0 Å². The summed E-state index contributed by atoms with van der Waals surface area (Å²) in [6.45, 7) is 2.42. The van der Waals surface area contributed by atoms with Gasteiger partial charge in [0.15, 0.2) is 0 Å². The molecule has 84 valence electrons. The predicted octanol–water partition coefficient (Wildman–Crippen LogP) is -1.94. The first-order valence-electron chi connectivity index (χ1n) is 5.12. The SMILES string of the molecule is NC(=O)C1CCN1C(=O)C1CNCCO1. The molecule has 2 rings (SSSR count). The van der Waals surface area contributed by atoms with Gasteiger partial charge in [-0.15, -0.1) is 0 Å². The van der Waals surface area contributed by atoms with Crippen LogP contribution in [-0.2, 0) is 14.3 Å². The molecule has 6 nitrogen and oxygen atoms in total. The minimum absolute atomic E-state index is 0.128. The van der Waals surface area contributed by atoms with Gasteiger partial charge >= 0.3 is 0 Å². The van der Waals surface area contributed by atoms with Crippen LogP contribution in [0.2, 0.25) is 0 Å². The van der Waals surface area contributed by atoms with Gasteiger partial charge in [-0.2, -0.15) is 0 Å². The number of likely N-dealkylation sites (tertiary alicyclic amines) is 1. The van der Waals surface area contributed by atoms with Crippen LogP contribution in [0.5, 0.6) is 0 Å². The van der Waals surface area contributed by atoms with Crippen molar-refractivity contribution in [3.63, 3.8) is 0 Å². The van der Waals surface area contributed by atoms with Gasteiger partial charge in [0.05, 0.1) is 6.61 Å². The standard InChI is InChI=1S/C9H15N3O3/c10-8(13)6-1-3-12(6)9(14)7-5-11-2-4-15-7/h6-7,11H,1-5H2,(H2,10,13). The maximum Gasteiger partial charge on any atom is 0.253 e. The predicted molar refractivity (Wildman–Crippen MR) is 51.9 cm³/mol. The van der Waals surface area contributed by atoms with Gasteiger partial charge in [0.1, 0.15) is 12.1 Å². The Morgan fingerprint density at radius 2 is 2.27 bits per heavy atom. The summed E-state index contributed by atoms with van der Waals surface area (Å²) in [5, 5.41) is 3.07. The number of nitrogens with one attached hydrogen (secondary N) is 1. The normalized spacial score (nSPS) is 30.8. The summed E-state index contributed by atoms with van der Waals surface area (Å²) in [5.74, 6) is -0.560. The van der Waals surface area contributed by atoms with E-state index in [-0.39, 0.29) is 5.91 Å². The van der Waals surface area contributed by atoms with Gasteiger partial charge in [-0.1, -0.05) is 0 Å². The number of rotatable bonds is 2. The van der Waals surface area contributed by atoms with Gasteiger partial charge in [-0.05, 0) is 6.42 Å². The Hall–Kier alpha value is -1.14. The molecule has 2 fully saturated rings. The highest BCUT2D eigenvalue weighted by molar-refractivity contribution is 5.90. The molecular formula is C9H15N3O3. The van der Waals surface area contributed by atoms with Gasteiger partial charge in [-0.3, -0.25) is 9.59 Å². The molecule has 15 heavy (non-hydrogen) atoms. The average molecular weight is 213 g/mol. The molecule has 2 heterocycles. The van der Waals surface area contributed by atoms with Crippen molar-refractivity contribution in [2.24, 2.45) is 5.73 Å². The van der Waals surface area contributed by atoms with Crippen molar-refractivity contribution in [3.8, 4) is 0 Å². The lowest BCUT2D eigenvalue weighted by molar-refractivity contribution is -0.157. The van der Waals surface area contributed by atoms with Gasteiger partial charge in [0.25, 0.3) is 5.91 Å². The second kappa shape index (κ2) is 4.16. The van der Waals surface area contributed by atoms with E-state index in [1.807, 2.05) is 0 Å². The Labute approximate surface area is 87.7 Å². The zero-order valence-electron chi connectivity index (χ0n) is 8.44. The summed E-state index contributed by atoms with van der Waals surface area (Å²) in [6.07, 6.45) is 0.210. The van der Waals surface area contributed by atoms with E-state index < -0.39 is 18.1 Å². The van der Waals surface area contributed by atoms with Gasteiger partial charge in [0.2, 0.25) is 5.91 Å². The zero-order chi connectivity index (χ0) is 10.8. The molecule has 2 atom stereocenters. The molecule has 0 bridgehead atoms. The summed E-state index contributed by atoms with van der Waals surface area (Å²) in [7, 11) is 0. The molecule has 2 unspecified atom stereocenters. The first-order chi connectivity index (χ1) is 7.20. The summed E-state index contributed by atoms with van der Waals surface area (Å²) in [4.78, 5) is 24.3. The molecule has 0 saturated carbocycles. The molecule has 2 aliphatic heterocycles. The van der Waals surface area contributed by atoms with Crippen molar-refractivity contribution in [3.05, 3.63) is 0 Å². The quantitative estimate of drug-likeness (QED) is 0.559. The average Bonchev–Trinajstić information content (AvgIpc) is 2.16. The zero-order valence-corrected chi connectivity index (χ0v) is 8.44. The highest BCUT2D eigenvalue weighted by Crippen LogP contribution is 2.19. The number of carbonyl (C=O) groups excluding carboxylic acids is 2. The lowest BCUT2D eigenvalue weighted by Crippen LogP contribution is -2.61. The van der Waals surface area contributed by atoms with E-state index in [4.69, 9.17) is 10.5 Å². The van der Waals surface area contributed by atoms with Crippen molar-refractivity contribution < 1.29 is 14.3 Å².